The Balaban J connectivity index is 0. The lowest BCUT2D eigenvalue weighted by atomic mass is 10.2. The average molecular weight is 167 g/mol. The fraction of sp³-hybridized carbons (Fsp3) is 0.300. The van der Waals surface area contributed by atoms with Crippen molar-refractivity contribution in [3.63, 3.8) is 0 Å². The van der Waals surface area contributed by atoms with Crippen LogP contribution in [0.2, 0.25) is 0 Å². The van der Waals surface area contributed by atoms with E-state index in [0.29, 0.717) is 11.3 Å². The largest absolute Gasteiger partial charge is 0.398 e. The summed E-state index contributed by atoms with van der Waals surface area (Å²) in [7, 11) is 0. The van der Waals surface area contributed by atoms with E-state index in [-0.39, 0.29) is 7.43 Å². The second-order valence-corrected chi connectivity index (χ2v) is 1.75. The summed E-state index contributed by atoms with van der Waals surface area (Å²) < 4.78 is 0. The van der Waals surface area contributed by atoms with Crippen molar-refractivity contribution in [2.75, 3.05) is 5.73 Å². The van der Waals surface area contributed by atoms with Crippen LogP contribution in [0.1, 0.15) is 31.6 Å². The third-order valence-corrected chi connectivity index (χ3v) is 1.12. The topological polar surface area (TPSA) is 43.1 Å². The summed E-state index contributed by atoms with van der Waals surface area (Å²) in [5.41, 5.74) is 6.49. The summed E-state index contributed by atoms with van der Waals surface area (Å²) in [6, 6.07) is 6.95. The lowest BCUT2D eigenvalue weighted by Crippen LogP contribution is -1.90. The molecule has 0 atom stereocenters. The molecule has 0 saturated heterocycles. The number of hydrogen-bond acceptors (Lipinski definition) is 2. The molecule has 0 radical (unpaired) electrons. The number of hydrogen-bond donors (Lipinski definition) is 1. The van der Waals surface area contributed by atoms with Gasteiger partial charge < -0.3 is 5.73 Å². The lowest BCUT2D eigenvalue weighted by molar-refractivity contribution is 0.112. The highest BCUT2D eigenvalue weighted by Gasteiger charge is 1.90. The van der Waals surface area contributed by atoms with Crippen molar-refractivity contribution in [3.8, 4) is 0 Å². The number of nitrogens with two attached hydrogens (primary N) is 1. The van der Waals surface area contributed by atoms with Gasteiger partial charge in [-0.05, 0) is 12.1 Å². The maximum absolute atomic E-state index is 10.1. The Kier molecular flexibility index (Phi) is 8.63. The maximum atomic E-state index is 10.1. The number of para-hydroxylation sites is 1. The molecule has 2 N–H and O–H groups in total. The van der Waals surface area contributed by atoms with E-state index in [0.717, 1.165) is 6.29 Å². The van der Waals surface area contributed by atoms with Crippen molar-refractivity contribution in [3.05, 3.63) is 29.8 Å². The zero-order chi connectivity index (χ0) is 8.69. The summed E-state index contributed by atoms with van der Waals surface area (Å²) in [6.07, 6.45) is 0.745. The average Bonchev–Trinajstić information content (AvgIpc) is 2.09. The quantitative estimate of drug-likeness (QED) is 0.516. The number of carbonyl (C=O) groups excluding carboxylic acids is 1. The summed E-state index contributed by atoms with van der Waals surface area (Å²) in [5.74, 6) is 0. The zero-order valence-electron chi connectivity index (χ0n) is 6.87. The van der Waals surface area contributed by atoms with Crippen LogP contribution in [-0.4, -0.2) is 6.29 Å². The van der Waals surface area contributed by atoms with Gasteiger partial charge in [0, 0.05) is 11.3 Å². The molecule has 0 saturated carbocycles. The third kappa shape index (κ3) is 3.76. The maximum Gasteiger partial charge on any atom is 0.152 e. The van der Waals surface area contributed by atoms with Crippen LogP contribution in [0, 0.1) is 0 Å². The van der Waals surface area contributed by atoms with E-state index in [1.807, 2.05) is 13.8 Å². The smallest absolute Gasteiger partial charge is 0.152 e. The summed E-state index contributed by atoms with van der Waals surface area (Å²) >= 11 is 0. The predicted octanol–water partition coefficient (Wildman–Crippen LogP) is 2.74. The molecule has 1 rings (SSSR count). The Hall–Kier alpha value is -1.31. The molecule has 0 aliphatic rings. The van der Waals surface area contributed by atoms with Gasteiger partial charge in [-0.1, -0.05) is 33.4 Å². The van der Waals surface area contributed by atoms with Crippen LogP contribution in [0.3, 0.4) is 0 Å². The Morgan fingerprint density at radius 2 is 1.75 bits per heavy atom. The molecule has 0 amide bonds. The predicted molar refractivity (Wildman–Crippen MR) is 54.3 cm³/mol. The number of benzene rings is 1. The van der Waals surface area contributed by atoms with Gasteiger partial charge in [-0.15, -0.1) is 0 Å². The van der Waals surface area contributed by atoms with Crippen molar-refractivity contribution in [1.29, 1.82) is 0 Å². The monoisotopic (exact) mass is 167 g/mol. The highest BCUT2D eigenvalue weighted by molar-refractivity contribution is 5.82. The van der Waals surface area contributed by atoms with E-state index >= 15 is 0 Å². The van der Waals surface area contributed by atoms with Gasteiger partial charge in [-0.2, -0.15) is 0 Å². The van der Waals surface area contributed by atoms with Crippen LogP contribution < -0.4 is 5.73 Å². The summed E-state index contributed by atoms with van der Waals surface area (Å²) in [4.78, 5) is 10.1. The van der Waals surface area contributed by atoms with Gasteiger partial charge >= 0.3 is 0 Å². The Labute approximate surface area is 74.4 Å². The normalized spacial score (nSPS) is 7.17. The van der Waals surface area contributed by atoms with Crippen LogP contribution in [0.4, 0.5) is 5.69 Å². The fourth-order valence-corrected chi connectivity index (χ4v) is 0.618. The summed E-state index contributed by atoms with van der Waals surface area (Å²) in [6.45, 7) is 4.00. The number of rotatable bonds is 1. The molecule has 0 spiro atoms. The van der Waals surface area contributed by atoms with Crippen LogP contribution in [0.5, 0.6) is 0 Å². The van der Waals surface area contributed by atoms with Gasteiger partial charge in [0.25, 0.3) is 0 Å². The first-order chi connectivity index (χ1) is 5.34. The van der Waals surface area contributed by atoms with Crippen molar-refractivity contribution in [2.24, 2.45) is 0 Å². The van der Waals surface area contributed by atoms with Crippen LogP contribution in [0.25, 0.3) is 0 Å². The van der Waals surface area contributed by atoms with E-state index in [1.54, 1.807) is 24.3 Å². The van der Waals surface area contributed by atoms with Crippen molar-refractivity contribution < 1.29 is 4.79 Å². The minimum absolute atomic E-state index is 0. The molecule has 0 heterocycles. The molecule has 0 bridgehead atoms. The molecule has 2 nitrogen and oxygen atoms in total. The SMILES string of the molecule is C.CC.Nc1ccccc1C=O. The minimum Gasteiger partial charge on any atom is -0.398 e. The highest BCUT2D eigenvalue weighted by Crippen LogP contribution is 2.05. The van der Waals surface area contributed by atoms with Crippen LogP contribution in [-0.2, 0) is 0 Å². The third-order valence-electron chi connectivity index (χ3n) is 1.12. The first kappa shape index (κ1) is 13.3. The fourth-order valence-electron chi connectivity index (χ4n) is 0.618. The molecule has 12 heavy (non-hydrogen) atoms. The first-order valence-corrected chi connectivity index (χ1v) is 3.64. The molecule has 0 aliphatic carbocycles. The second-order valence-electron chi connectivity index (χ2n) is 1.75. The first-order valence-electron chi connectivity index (χ1n) is 3.64. The zero-order valence-corrected chi connectivity index (χ0v) is 6.87. The molecular formula is C10H17NO. The van der Waals surface area contributed by atoms with Gasteiger partial charge in [-0.3, -0.25) is 4.79 Å². The van der Waals surface area contributed by atoms with E-state index < -0.39 is 0 Å². The van der Waals surface area contributed by atoms with E-state index in [1.165, 1.54) is 0 Å². The molecular weight excluding hydrogens is 150 g/mol. The number of aldehydes is 1. The molecule has 1 aromatic carbocycles. The molecule has 0 unspecified atom stereocenters. The van der Waals surface area contributed by atoms with Crippen LogP contribution >= 0.6 is 0 Å². The lowest BCUT2D eigenvalue weighted by Gasteiger charge is -1.92. The molecule has 68 valence electrons. The Bertz CT molecular complexity index is 221. The van der Waals surface area contributed by atoms with Crippen LogP contribution in [0.15, 0.2) is 24.3 Å². The van der Waals surface area contributed by atoms with Gasteiger partial charge in [0.1, 0.15) is 0 Å². The minimum atomic E-state index is 0. The van der Waals surface area contributed by atoms with Gasteiger partial charge in [0.05, 0.1) is 0 Å². The standard InChI is InChI=1S/C7H7NO.C2H6.CH4/c8-7-4-2-1-3-6(7)5-9;1-2;/h1-5H,8H2;1-2H3;1H4. The van der Waals surface area contributed by atoms with E-state index in [2.05, 4.69) is 0 Å². The molecule has 1 aromatic rings. The molecule has 0 aliphatic heterocycles. The molecule has 0 aromatic heterocycles. The van der Waals surface area contributed by atoms with Crippen molar-refractivity contribution in [2.45, 2.75) is 21.3 Å². The Morgan fingerprint density at radius 1 is 1.25 bits per heavy atom. The second kappa shape index (κ2) is 7.79. The van der Waals surface area contributed by atoms with Gasteiger partial charge in [0.15, 0.2) is 6.29 Å². The molecule has 2 heteroatoms. The number of anilines is 1. The Morgan fingerprint density at radius 3 is 2.08 bits per heavy atom. The van der Waals surface area contributed by atoms with Gasteiger partial charge in [0.2, 0.25) is 0 Å². The van der Waals surface area contributed by atoms with Crippen molar-refractivity contribution >= 4 is 12.0 Å². The van der Waals surface area contributed by atoms with Crippen molar-refractivity contribution in [1.82, 2.24) is 0 Å². The number of carbonyl (C=O) groups is 1. The highest BCUT2D eigenvalue weighted by atomic mass is 16.1. The molecule has 0 fully saturated rings. The van der Waals surface area contributed by atoms with Gasteiger partial charge in [-0.25, -0.2) is 0 Å². The summed E-state index contributed by atoms with van der Waals surface area (Å²) in [5, 5.41) is 0. The number of nitrogen functional groups attached to an aromatic ring is 1. The van der Waals surface area contributed by atoms with E-state index in [4.69, 9.17) is 5.73 Å². The van der Waals surface area contributed by atoms with E-state index in [9.17, 15) is 4.79 Å².